The number of amides is 1. The minimum atomic E-state index is -0.229. The Bertz CT molecular complexity index is 813. The number of nitrogens with zero attached hydrogens (tertiary/aromatic N) is 1. The maximum Gasteiger partial charge on any atom is 0.264 e. The van der Waals surface area contributed by atoms with Crippen LogP contribution in [0, 0.1) is 0 Å². The van der Waals surface area contributed by atoms with Gasteiger partial charge >= 0.3 is 0 Å². The number of ether oxygens (including phenoxy) is 1. The van der Waals surface area contributed by atoms with Crippen LogP contribution in [-0.2, 0) is 4.79 Å². The van der Waals surface area contributed by atoms with Gasteiger partial charge in [0.15, 0.2) is 5.17 Å². The molecule has 0 aromatic heterocycles. The summed E-state index contributed by atoms with van der Waals surface area (Å²) in [5, 5.41) is 13.0. The fraction of sp³-hybridized carbons (Fsp3) is 0.111. The zero-order chi connectivity index (χ0) is 16.9. The Labute approximate surface area is 144 Å². The summed E-state index contributed by atoms with van der Waals surface area (Å²) in [6.45, 7) is 2.54. The second kappa shape index (κ2) is 7.23. The van der Waals surface area contributed by atoms with E-state index < -0.39 is 0 Å². The van der Waals surface area contributed by atoms with Crippen molar-refractivity contribution in [2.45, 2.75) is 6.92 Å². The van der Waals surface area contributed by atoms with E-state index in [0.717, 1.165) is 11.4 Å². The second-order valence-electron chi connectivity index (χ2n) is 4.97. The molecule has 0 atom stereocenters. The number of nitrogens with one attached hydrogen (secondary N) is 1. The highest BCUT2D eigenvalue weighted by Gasteiger charge is 2.24. The molecule has 0 spiro atoms. The van der Waals surface area contributed by atoms with Gasteiger partial charge in [0.05, 0.1) is 17.2 Å². The summed E-state index contributed by atoms with van der Waals surface area (Å²) < 4.78 is 5.39. The highest BCUT2D eigenvalue weighted by atomic mass is 32.2. The van der Waals surface area contributed by atoms with Gasteiger partial charge in [-0.05, 0) is 55.1 Å². The van der Waals surface area contributed by atoms with Crippen LogP contribution in [0.15, 0.2) is 58.4 Å². The SMILES string of the molecule is CCOc1ccc(N=C2NC(=O)/C(=C\c3ccccc3O)S2)cc1. The maximum absolute atomic E-state index is 12.0. The molecule has 3 rings (SSSR count). The molecule has 1 aliphatic rings. The Morgan fingerprint density at radius 3 is 2.67 bits per heavy atom. The molecule has 1 fully saturated rings. The zero-order valence-electron chi connectivity index (χ0n) is 13.0. The Balaban J connectivity index is 1.78. The summed E-state index contributed by atoms with van der Waals surface area (Å²) in [5.74, 6) is 0.688. The van der Waals surface area contributed by atoms with E-state index >= 15 is 0 Å². The molecule has 0 saturated carbocycles. The smallest absolute Gasteiger partial charge is 0.264 e. The largest absolute Gasteiger partial charge is 0.507 e. The molecule has 0 aliphatic carbocycles. The number of hydrogen-bond acceptors (Lipinski definition) is 5. The van der Waals surface area contributed by atoms with Crippen LogP contribution in [0.4, 0.5) is 5.69 Å². The summed E-state index contributed by atoms with van der Waals surface area (Å²) in [6.07, 6.45) is 1.65. The molecule has 0 bridgehead atoms. The second-order valence-corrected chi connectivity index (χ2v) is 6.00. The first-order chi connectivity index (χ1) is 11.7. The quantitative estimate of drug-likeness (QED) is 0.833. The highest BCUT2D eigenvalue weighted by molar-refractivity contribution is 8.18. The molecule has 5 nitrogen and oxygen atoms in total. The topological polar surface area (TPSA) is 70.9 Å². The van der Waals surface area contributed by atoms with Gasteiger partial charge in [0.1, 0.15) is 11.5 Å². The lowest BCUT2D eigenvalue weighted by molar-refractivity contribution is -0.115. The molecule has 2 N–H and O–H groups in total. The molecule has 6 heteroatoms. The van der Waals surface area contributed by atoms with Crippen LogP contribution in [-0.4, -0.2) is 22.8 Å². The number of hydrogen-bond donors (Lipinski definition) is 2. The van der Waals surface area contributed by atoms with Crippen molar-refractivity contribution in [2.75, 3.05) is 6.61 Å². The summed E-state index contributed by atoms with van der Waals surface area (Å²) in [5.41, 5.74) is 1.32. The van der Waals surface area contributed by atoms with E-state index in [1.807, 2.05) is 31.2 Å². The highest BCUT2D eigenvalue weighted by Crippen LogP contribution is 2.30. The van der Waals surface area contributed by atoms with E-state index in [2.05, 4.69) is 10.3 Å². The number of benzene rings is 2. The van der Waals surface area contributed by atoms with Crippen LogP contribution in [0.1, 0.15) is 12.5 Å². The lowest BCUT2D eigenvalue weighted by atomic mass is 10.2. The first-order valence-electron chi connectivity index (χ1n) is 7.46. The number of amidine groups is 1. The first-order valence-corrected chi connectivity index (χ1v) is 8.28. The van der Waals surface area contributed by atoms with E-state index in [1.165, 1.54) is 11.8 Å². The summed E-state index contributed by atoms with van der Waals surface area (Å²) in [6, 6.07) is 14.2. The number of para-hydroxylation sites is 1. The third kappa shape index (κ3) is 3.78. The molecular formula is C18H16N2O3S. The van der Waals surface area contributed by atoms with Gasteiger partial charge in [-0.15, -0.1) is 0 Å². The van der Waals surface area contributed by atoms with Gasteiger partial charge in [0.2, 0.25) is 0 Å². The Morgan fingerprint density at radius 2 is 1.96 bits per heavy atom. The van der Waals surface area contributed by atoms with Crippen LogP contribution < -0.4 is 10.1 Å². The number of aromatic hydroxyl groups is 1. The van der Waals surface area contributed by atoms with E-state index in [4.69, 9.17) is 4.74 Å². The van der Waals surface area contributed by atoms with Crippen LogP contribution in [0.5, 0.6) is 11.5 Å². The van der Waals surface area contributed by atoms with Crippen molar-refractivity contribution in [2.24, 2.45) is 4.99 Å². The van der Waals surface area contributed by atoms with Gasteiger partial charge < -0.3 is 15.2 Å². The minimum Gasteiger partial charge on any atom is -0.507 e. The predicted molar refractivity (Wildman–Crippen MR) is 96.5 cm³/mol. The molecule has 0 unspecified atom stereocenters. The van der Waals surface area contributed by atoms with E-state index in [1.54, 1.807) is 30.3 Å². The van der Waals surface area contributed by atoms with Gasteiger partial charge in [0.25, 0.3) is 5.91 Å². The molecule has 0 radical (unpaired) electrons. The third-order valence-corrected chi connectivity index (χ3v) is 4.16. The molecule has 122 valence electrons. The van der Waals surface area contributed by atoms with Crippen molar-refractivity contribution >= 4 is 34.6 Å². The van der Waals surface area contributed by atoms with E-state index in [-0.39, 0.29) is 11.7 Å². The van der Waals surface area contributed by atoms with Gasteiger partial charge in [-0.25, -0.2) is 4.99 Å². The van der Waals surface area contributed by atoms with Gasteiger partial charge in [0, 0.05) is 5.56 Å². The molecule has 2 aromatic carbocycles. The zero-order valence-corrected chi connectivity index (χ0v) is 13.8. The molecule has 1 amide bonds. The van der Waals surface area contributed by atoms with E-state index in [9.17, 15) is 9.90 Å². The molecular weight excluding hydrogens is 324 g/mol. The molecule has 1 aliphatic heterocycles. The van der Waals surface area contributed by atoms with Gasteiger partial charge in [-0.3, -0.25) is 4.79 Å². The summed E-state index contributed by atoms with van der Waals surface area (Å²) in [4.78, 5) is 16.9. The van der Waals surface area contributed by atoms with Gasteiger partial charge in [-0.2, -0.15) is 0 Å². The van der Waals surface area contributed by atoms with E-state index in [0.29, 0.717) is 22.2 Å². The number of aliphatic imine (C=N–C) groups is 1. The van der Waals surface area contributed by atoms with Crippen molar-refractivity contribution < 1.29 is 14.6 Å². The molecule has 1 saturated heterocycles. The van der Waals surface area contributed by atoms with Crippen LogP contribution in [0.25, 0.3) is 6.08 Å². The first kappa shape index (κ1) is 16.1. The number of phenols is 1. The molecule has 24 heavy (non-hydrogen) atoms. The maximum atomic E-state index is 12.0. The van der Waals surface area contributed by atoms with Crippen molar-refractivity contribution in [1.82, 2.24) is 5.32 Å². The van der Waals surface area contributed by atoms with Crippen molar-refractivity contribution in [3.63, 3.8) is 0 Å². The Morgan fingerprint density at radius 1 is 1.21 bits per heavy atom. The van der Waals surface area contributed by atoms with Crippen molar-refractivity contribution in [3.8, 4) is 11.5 Å². The number of phenolic OH excluding ortho intramolecular Hbond substituents is 1. The lowest BCUT2D eigenvalue weighted by Gasteiger charge is -2.02. The fourth-order valence-corrected chi connectivity index (χ4v) is 2.96. The number of carbonyl (C=O) groups is 1. The Hall–Kier alpha value is -2.73. The van der Waals surface area contributed by atoms with Crippen LogP contribution in [0.2, 0.25) is 0 Å². The van der Waals surface area contributed by atoms with Gasteiger partial charge in [-0.1, -0.05) is 18.2 Å². The average Bonchev–Trinajstić information content (AvgIpc) is 2.91. The molecule has 2 aromatic rings. The van der Waals surface area contributed by atoms with Crippen molar-refractivity contribution in [3.05, 3.63) is 59.0 Å². The number of thioether (sulfide) groups is 1. The van der Waals surface area contributed by atoms with Crippen LogP contribution >= 0.6 is 11.8 Å². The monoisotopic (exact) mass is 340 g/mol. The van der Waals surface area contributed by atoms with Crippen molar-refractivity contribution in [1.29, 1.82) is 0 Å². The lowest BCUT2D eigenvalue weighted by Crippen LogP contribution is -2.19. The normalized spacial score (nSPS) is 17.3. The fourth-order valence-electron chi connectivity index (χ4n) is 2.13. The number of rotatable bonds is 4. The standard InChI is InChI=1S/C18H16N2O3S/c1-2-23-14-9-7-13(8-10-14)19-18-20-17(22)16(24-18)11-12-5-3-4-6-15(12)21/h3-11,21H,2H2,1H3,(H,19,20,22)/b16-11+. The minimum absolute atomic E-state index is 0.135. The average molecular weight is 340 g/mol. The van der Waals surface area contributed by atoms with Crippen LogP contribution in [0.3, 0.4) is 0 Å². The summed E-state index contributed by atoms with van der Waals surface area (Å²) in [7, 11) is 0. The Kier molecular flexibility index (Phi) is 4.86. The summed E-state index contributed by atoms with van der Waals surface area (Å²) >= 11 is 1.24. The third-order valence-electron chi connectivity index (χ3n) is 3.25. The predicted octanol–water partition coefficient (Wildman–Crippen LogP) is 3.68. The number of carbonyl (C=O) groups excluding carboxylic acids is 1. The molecule has 1 heterocycles.